The summed E-state index contributed by atoms with van der Waals surface area (Å²) in [7, 11) is 0. The highest BCUT2D eigenvalue weighted by molar-refractivity contribution is 6.31. The Balaban J connectivity index is 1.83. The second-order valence-electron chi connectivity index (χ2n) is 4.74. The van der Waals surface area contributed by atoms with Gasteiger partial charge in [-0.3, -0.25) is 4.79 Å². The van der Waals surface area contributed by atoms with Gasteiger partial charge in [-0.15, -0.1) is 0 Å². The first-order valence-electron chi connectivity index (χ1n) is 5.98. The van der Waals surface area contributed by atoms with Crippen LogP contribution in [0, 0.1) is 0 Å². The Bertz CT molecular complexity index is 607. The van der Waals surface area contributed by atoms with Gasteiger partial charge in [0.2, 0.25) is 0 Å². The Hall–Kier alpha value is -1.52. The van der Waals surface area contributed by atoms with Gasteiger partial charge in [0.05, 0.1) is 0 Å². The van der Waals surface area contributed by atoms with Gasteiger partial charge >= 0.3 is 0 Å². The summed E-state index contributed by atoms with van der Waals surface area (Å²) in [5.41, 5.74) is 7.25. The Labute approximate surface area is 109 Å². The number of amides is 1. The fourth-order valence-electron chi connectivity index (χ4n) is 2.18. The highest BCUT2D eigenvalue weighted by atomic mass is 35.5. The lowest BCUT2D eigenvalue weighted by Crippen LogP contribution is -2.54. The van der Waals surface area contributed by atoms with Crippen molar-refractivity contribution in [2.24, 2.45) is 5.73 Å². The third-order valence-corrected chi connectivity index (χ3v) is 3.71. The van der Waals surface area contributed by atoms with Crippen LogP contribution in [0.4, 0.5) is 0 Å². The molecule has 0 aliphatic heterocycles. The second kappa shape index (κ2) is 4.30. The Morgan fingerprint density at radius 3 is 2.89 bits per heavy atom. The number of hydrogen-bond donors (Lipinski definition) is 3. The van der Waals surface area contributed by atoms with Crippen LogP contribution in [0.1, 0.15) is 23.3 Å². The molecule has 2 aromatic rings. The molecule has 3 rings (SSSR count). The van der Waals surface area contributed by atoms with Gasteiger partial charge in [0.25, 0.3) is 5.91 Å². The molecule has 1 heterocycles. The second-order valence-corrected chi connectivity index (χ2v) is 5.17. The third-order valence-electron chi connectivity index (χ3n) is 3.47. The monoisotopic (exact) mass is 263 g/mol. The molecule has 2 atom stereocenters. The highest BCUT2D eigenvalue weighted by Gasteiger charge is 2.29. The molecule has 1 unspecified atom stereocenters. The number of halogens is 1. The Morgan fingerprint density at radius 2 is 2.22 bits per heavy atom. The first-order chi connectivity index (χ1) is 8.63. The van der Waals surface area contributed by atoms with E-state index in [2.05, 4.69) is 10.3 Å². The maximum absolute atomic E-state index is 12.0. The molecule has 1 aromatic heterocycles. The largest absolute Gasteiger partial charge is 0.351 e. The summed E-state index contributed by atoms with van der Waals surface area (Å²) < 4.78 is 0. The molecule has 0 radical (unpaired) electrons. The molecule has 5 heteroatoms. The number of nitrogens with two attached hydrogens (primary N) is 1. The van der Waals surface area contributed by atoms with Crippen LogP contribution in [0.3, 0.4) is 0 Å². The molecule has 4 N–H and O–H groups in total. The average molecular weight is 264 g/mol. The van der Waals surface area contributed by atoms with Gasteiger partial charge in [0, 0.05) is 28.0 Å². The van der Waals surface area contributed by atoms with Gasteiger partial charge in [-0.1, -0.05) is 11.6 Å². The molecular weight excluding hydrogens is 250 g/mol. The minimum atomic E-state index is -0.109. The number of carbonyl (C=O) groups is 1. The quantitative estimate of drug-likeness (QED) is 0.776. The number of fused-ring (bicyclic) bond motifs is 1. The van der Waals surface area contributed by atoms with E-state index < -0.39 is 0 Å². The molecule has 94 valence electrons. The van der Waals surface area contributed by atoms with Crippen molar-refractivity contribution in [3.8, 4) is 0 Å². The number of aromatic nitrogens is 1. The van der Waals surface area contributed by atoms with Crippen molar-refractivity contribution >= 4 is 28.4 Å². The lowest BCUT2D eigenvalue weighted by molar-refractivity contribution is 0.0901. The maximum Gasteiger partial charge on any atom is 0.268 e. The van der Waals surface area contributed by atoms with Crippen LogP contribution < -0.4 is 11.1 Å². The summed E-state index contributed by atoms with van der Waals surface area (Å²) in [6.45, 7) is 0. The Morgan fingerprint density at radius 1 is 1.39 bits per heavy atom. The molecule has 1 amide bonds. The number of benzene rings is 1. The summed E-state index contributed by atoms with van der Waals surface area (Å²) in [5, 5.41) is 4.53. The van der Waals surface area contributed by atoms with Crippen LogP contribution in [0.15, 0.2) is 24.3 Å². The minimum Gasteiger partial charge on any atom is -0.351 e. The van der Waals surface area contributed by atoms with Crippen molar-refractivity contribution in [3.63, 3.8) is 0 Å². The Kier molecular flexibility index (Phi) is 2.76. The van der Waals surface area contributed by atoms with Crippen LogP contribution in [0.2, 0.25) is 5.02 Å². The van der Waals surface area contributed by atoms with Gasteiger partial charge in [-0.2, -0.15) is 0 Å². The topological polar surface area (TPSA) is 70.9 Å². The van der Waals surface area contributed by atoms with Gasteiger partial charge < -0.3 is 16.0 Å². The van der Waals surface area contributed by atoms with Gasteiger partial charge in [0.1, 0.15) is 5.69 Å². The molecule has 1 aliphatic carbocycles. The molecule has 1 fully saturated rings. The van der Waals surface area contributed by atoms with Gasteiger partial charge in [0.15, 0.2) is 0 Å². The molecule has 4 nitrogen and oxygen atoms in total. The first-order valence-corrected chi connectivity index (χ1v) is 6.36. The molecular formula is C13H14ClN3O. The van der Waals surface area contributed by atoms with E-state index in [9.17, 15) is 4.79 Å². The number of carbonyl (C=O) groups excluding carboxylic acids is 1. The van der Waals surface area contributed by atoms with Crippen molar-refractivity contribution in [2.75, 3.05) is 0 Å². The summed E-state index contributed by atoms with van der Waals surface area (Å²) in [6.07, 6.45) is 1.94. The van der Waals surface area contributed by atoms with E-state index in [4.69, 9.17) is 17.3 Å². The molecule has 1 aromatic carbocycles. The minimum absolute atomic E-state index is 0.0905. The molecule has 0 bridgehead atoms. The van der Waals surface area contributed by atoms with E-state index in [0.29, 0.717) is 10.7 Å². The predicted molar refractivity (Wildman–Crippen MR) is 71.8 cm³/mol. The van der Waals surface area contributed by atoms with Crippen LogP contribution in [-0.2, 0) is 0 Å². The smallest absolute Gasteiger partial charge is 0.268 e. The predicted octanol–water partition coefficient (Wildman–Crippen LogP) is 2.04. The van der Waals surface area contributed by atoms with Crippen LogP contribution >= 0.6 is 11.6 Å². The number of hydrogen-bond acceptors (Lipinski definition) is 2. The molecule has 18 heavy (non-hydrogen) atoms. The number of nitrogens with one attached hydrogen (secondary N) is 2. The average Bonchev–Trinajstić information content (AvgIpc) is 2.76. The van der Waals surface area contributed by atoms with Gasteiger partial charge in [-0.05, 0) is 37.1 Å². The molecule has 1 saturated carbocycles. The van der Waals surface area contributed by atoms with E-state index in [0.717, 1.165) is 23.7 Å². The summed E-state index contributed by atoms with van der Waals surface area (Å²) in [6, 6.07) is 7.49. The van der Waals surface area contributed by atoms with E-state index in [-0.39, 0.29) is 18.0 Å². The number of rotatable bonds is 2. The van der Waals surface area contributed by atoms with Crippen LogP contribution in [-0.4, -0.2) is 23.0 Å². The number of H-pyrrole nitrogens is 1. The zero-order valence-electron chi connectivity index (χ0n) is 9.74. The normalized spacial score (nSPS) is 22.8. The fraction of sp³-hybridized carbons (Fsp3) is 0.308. The van der Waals surface area contributed by atoms with Crippen molar-refractivity contribution in [1.29, 1.82) is 0 Å². The van der Waals surface area contributed by atoms with Crippen molar-refractivity contribution in [2.45, 2.75) is 24.9 Å². The van der Waals surface area contributed by atoms with E-state index in [1.807, 2.05) is 12.1 Å². The summed E-state index contributed by atoms with van der Waals surface area (Å²) >= 11 is 5.91. The zero-order chi connectivity index (χ0) is 12.7. The fourth-order valence-corrected chi connectivity index (χ4v) is 2.36. The first kappa shape index (κ1) is 11.6. The van der Waals surface area contributed by atoms with Crippen LogP contribution in [0.5, 0.6) is 0 Å². The summed E-state index contributed by atoms with van der Waals surface area (Å²) in [4.78, 5) is 15.1. The van der Waals surface area contributed by atoms with Crippen LogP contribution in [0.25, 0.3) is 10.9 Å². The highest BCUT2D eigenvalue weighted by Crippen LogP contribution is 2.21. The standard InChI is InChI=1S/C13H14ClN3O/c14-8-1-3-10-7(5-8)6-12(16-10)13(18)17-11-4-2-9(11)15/h1,3,5-6,9,11,16H,2,4,15H2,(H,17,18)/t9-,11?/m0/s1. The number of aromatic amines is 1. The van der Waals surface area contributed by atoms with E-state index in [1.54, 1.807) is 12.1 Å². The lowest BCUT2D eigenvalue weighted by atomic mass is 9.87. The SMILES string of the molecule is N[C@H]1CCC1NC(=O)c1cc2cc(Cl)ccc2[nH]1. The molecule has 0 saturated heterocycles. The van der Waals surface area contributed by atoms with Crippen molar-refractivity contribution in [3.05, 3.63) is 35.0 Å². The van der Waals surface area contributed by atoms with Crippen molar-refractivity contribution < 1.29 is 4.79 Å². The zero-order valence-corrected chi connectivity index (χ0v) is 10.5. The maximum atomic E-state index is 12.0. The molecule has 1 aliphatic rings. The lowest BCUT2D eigenvalue weighted by Gasteiger charge is -2.33. The third kappa shape index (κ3) is 1.98. The van der Waals surface area contributed by atoms with Crippen molar-refractivity contribution in [1.82, 2.24) is 10.3 Å². The summed E-state index contributed by atoms with van der Waals surface area (Å²) in [5.74, 6) is -0.109. The molecule has 0 spiro atoms. The van der Waals surface area contributed by atoms with Gasteiger partial charge in [-0.25, -0.2) is 0 Å². The van der Waals surface area contributed by atoms with E-state index >= 15 is 0 Å². The van der Waals surface area contributed by atoms with E-state index in [1.165, 1.54) is 0 Å².